The maximum atomic E-state index is 12.3. The second-order valence-electron chi connectivity index (χ2n) is 3.66. The summed E-state index contributed by atoms with van der Waals surface area (Å²) in [4.78, 5) is 0.199. The van der Waals surface area contributed by atoms with Crippen molar-refractivity contribution >= 4 is 63.5 Å². The topological polar surface area (TPSA) is 46.2 Å². The van der Waals surface area contributed by atoms with E-state index in [1.807, 2.05) is 6.07 Å². The molecule has 2 rings (SSSR count). The molecule has 0 saturated carbocycles. The molecule has 2 aromatic rings. The molecule has 0 aliphatic heterocycles. The molecule has 0 spiro atoms. The van der Waals surface area contributed by atoms with Crippen molar-refractivity contribution in [3.05, 3.63) is 55.9 Å². The minimum absolute atomic E-state index is 0.199. The average molecular weight is 470 g/mol. The first-order chi connectivity index (χ1) is 8.90. The predicted molar refractivity (Wildman–Crippen MR) is 86.8 cm³/mol. The molecule has 2 aromatic carbocycles. The van der Waals surface area contributed by atoms with Crippen molar-refractivity contribution in [2.75, 3.05) is 4.72 Å². The van der Waals surface area contributed by atoms with E-state index < -0.39 is 10.0 Å². The molecule has 100 valence electrons. The van der Waals surface area contributed by atoms with E-state index in [1.54, 1.807) is 30.3 Å². The highest BCUT2D eigenvalue weighted by atomic mass is 79.9. The van der Waals surface area contributed by atoms with Crippen molar-refractivity contribution in [2.45, 2.75) is 4.90 Å². The van der Waals surface area contributed by atoms with E-state index in [4.69, 9.17) is 0 Å². The minimum Gasteiger partial charge on any atom is -0.277 e. The van der Waals surface area contributed by atoms with Gasteiger partial charge in [-0.3, -0.25) is 4.72 Å². The van der Waals surface area contributed by atoms with Gasteiger partial charge >= 0.3 is 0 Å². The fraction of sp³-hybridized carbons (Fsp3) is 0. The zero-order valence-electron chi connectivity index (χ0n) is 9.40. The largest absolute Gasteiger partial charge is 0.277 e. The van der Waals surface area contributed by atoms with Crippen LogP contribution in [0.2, 0.25) is 0 Å². The van der Waals surface area contributed by atoms with E-state index in [0.717, 1.165) is 0 Å². The highest BCUT2D eigenvalue weighted by Crippen LogP contribution is 2.32. The maximum absolute atomic E-state index is 12.3. The predicted octanol–water partition coefficient (Wildman–Crippen LogP) is 4.77. The highest BCUT2D eigenvalue weighted by Gasteiger charge is 2.17. The van der Waals surface area contributed by atoms with Gasteiger partial charge in [-0.15, -0.1) is 0 Å². The first-order valence-corrected chi connectivity index (χ1v) is 8.99. The van der Waals surface area contributed by atoms with Gasteiger partial charge in [-0.2, -0.15) is 0 Å². The third-order valence-electron chi connectivity index (χ3n) is 2.31. The normalized spacial score (nSPS) is 11.3. The van der Waals surface area contributed by atoms with E-state index in [9.17, 15) is 8.42 Å². The molecule has 0 heterocycles. The summed E-state index contributed by atoms with van der Waals surface area (Å²) in [5.74, 6) is 0. The van der Waals surface area contributed by atoms with Gasteiger partial charge in [0.15, 0.2) is 0 Å². The van der Waals surface area contributed by atoms with Crippen molar-refractivity contribution in [3.8, 4) is 0 Å². The number of hydrogen-bond acceptors (Lipinski definition) is 2. The molecule has 0 bridgehead atoms. The Labute approximate surface area is 136 Å². The average Bonchev–Trinajstić information content (AvgIpc) is 2.34. The van der Waals surface area contributed by atoms with Gasteiger partial charge in [-0.05, 0) is 62.2 Å². The summed E-state index contributed by atoms with van der Waals surface area (Å²) in [7, 11) is -3.62. The molecule has 0 saturated heterocycles. The number of rotatable bonds is 3. The molecule has 1 N–H and O–H groups in total. The van der Waals surface area contributed by atoms with Crippen LogP contribution >= 0.6 is 47.8 Å². The third kappa shape index (κ3) is 3.59. The lowest BCUT2D eigenvalue weighted by Crippen LogP contribution is -2.13. The maximum Gasteiger partial charge on any atom is 0.262 e. The van der Waals surface area contributed by atoms with Crippen molar-refractivity contribution in [2.24, 2.45) is 0 Å². The fourth-order valence-electron chi connectivity index (χ4n) is 1.42. The molecule has 0 atom stereocenters. The Morgan fingerprint density at radius 2 is 1.47 bits per heavy atom. The Kier molecular flexibility index (Phi) is 4.70. The molecular weight excluding hydrogens is 462 g/mol. The second-order valence-corrected chi connectivity index (χ2v) is 7.97. The zero-order valence-corrected chi connectivity index (χ0v) is 15.0. The molecule has 0 amide bonds. The van der Waals surface area contributed by atoms with Gasteiger partial charge in [0.05, 0.1) is 10.6 Å². The lowest BCUT2D eigenvalue weighted by Gasteiger charge is -2.11. The molecule has 19 heavy (non-hydrogen) atoms. The van der Waals surface area contributed by atoms with E-state index >= 15 is 0 Å². The van der Waals surface area contributed by atoms with Crippen molar-refractivity contribution in [1.82, 2.24) is 0 Å². The van der Waals surface area contributed by atoms with Crippen LogP contribution in [0.3, 0.4) is 0 Å². The standard InChI is InChI=1S/C12H8Br3NO2S/c13-8-3-1-4-9(7-8)19(17,18)16-12-10(14)5-2-6-11(12)15/h1-7,16H. The number of hydrogen-bond donors (Lipinski definition) is 1. The molecule has 0 fully saturated rings. The van der Waals surface area contributed by atoms with Crippen LogP contribution in [0.25, 0.3) is 0 Å². The molecular formula is C12H8Br3NO2S. The Morgan fingerprint density at radius 3 is 2.05 bits per heavy atom. The second kappa shape index (κ2) is 5.95. The van der Waals surface area contributed by atoms with E-state index in [0.29, 0.717) is 19.1 Å². The van der Waals surface area contributed by atoms with Gasteiger partial charge < -0.3 is 0 Å². The molecule has 0 radical (unpaired) electrons. The summed E-state index contributed by atoms with van der Waals surface area (Å²) in [6.45, 7) is 0. The molecule has 7 heteroatoms. The summed E-state index contributed by atoms with van der Waals surface area (Å²) in [6.07, 6.45) is 0. The number of halogens is 3. The van der Waals surface area contributed by atoms with Gasteiger partial charge in [0.1, 0.15) is 0 Å². The van der Waals surface area contributed by atoms with Crippen LogP contribution in [0.5, 0.6) is 0 Å². The van der Waals surface area contributed by atoms with Gasteiger partial charge in [0, 0.05) is 13.4 Å². The molecule has 0 aliphatic rings. The molecule has 0 unspecified atom stereocenters. The Morgan fingerprint density at radius 1 is 0.895 bits per heavy atom. The Hall–Kier alpha value is -0.370. The van der Waals surface area contributed by atoms with Crippen LogP contribution in [0, 0.1) is 0 Å². The van der Waals surface area contributed by atoms with Crippen molar-refractivity contribution in [1.29, 1.82) is 0 Å². The van der Waals surface area contributed by atoms with Crippen LogP contribution < -0.4 is 4.72 Å². The lowest BCUT2D eigenvalue weighted by molar-refractivity contribution is 0.601. The van der Waals surface area contributed by atoms with E-state index in [1.165, 1.54) is 6.07 Å². The zero-order chi connectivity index (χ0) is 14.0. The van der Waals surface area contributed by atoms with Crippen molar-refractivity contribution in [3.63, 3.8) is 0 Å². The smallest absolute Gasteiger partial charge is 0.262 e. The SMILES string of the molecule is O=S(=O)(Nc1c(Br)cccc1Br)c1cccc(Br)c1. The summed E-state index contributed by atoms with van der Waals surface area (Å²) in [5.41, 5.74) is 0.475. The monoisotopic (exact) mass is 467 g/mol. The number of para-hydroxylation sites is 1. The summed E-state index contributed by atoms with van der Waals surface area (Å²) in [6, 6.07) is 11.9. The number of anilines is 1. The van der Waals surface area contributed by atoms with Gasteiger partial charge in [0.2, 0.25) is 0 Å². The van der Waals surface area contributed by atoms with Gasteiger partial charge in [-0.25, -0.2) is 8.42 Å². The highest BCUT2D eigenvalue weighted by molar-refractivity contribution is 9.11. The van der Waals surface area contributed by atoms with Crippen LogP contribution in [0.15, 0.2) is 60.8 Å². The van der Waals surface area contributed by atoms with E-state index in [2.05, 4.69) is 52.5 Å². The number of sulfonamides is 1. The summed E-state index contributed by atoms with van der Waals surface area (Å²) >= 11 is 9.90. The Bertz CT molecular complexity index is 696. The minimum atomic E-state index is -3.62. The summed E-state index contributed by atoms with van der Waals surface area (Å²) < 4.78 is 29.2. The first-order valence-electron chi connectivity index (χ1n) is 5.12. The fourth-order valence-corrected chi connectivity index (χ4v) is 4.58. The van der Waals surface area contributed by atoms with Gasteiger partial charge in [0.25, 0.3) is 10.0 Å². The van der Waals surface area contributed by atoms with Crippen LogP contribution in [-0.2, 0) is 10.0 Å². The summed E-state index contributed by atoms with van der Waals surface area (Å²) in [5, 5.41) is 0. The lowest BCUT2D eigenvalue weighted by atomic mass is 10.3. The van der Waals surface area contributed by atoms with Crippen LogP contribution in [0.1, 0.15) is 0 Å². The Balaban J connectivity index is 2.42. The molecule has 3 nitrogen and oxygen atoms in total. The van der Waals surface area contributed by atoms with Crippen molar-refractivity contribution < 1.29 is 8.42 Å². The van der Waals surface area contributed by atoms with Crippen LogP contribution in [-0.4, -0.2) is 8.42 Å². The molecule has 0 aromatic heterocycles. The van der Waals surface area contributed by atoms with Gasteiger partial charge in [-0.1, -0.05) is 28.1 Å². The number of benzene rings is 2. The first kappa shape index (κ1) is 15.0. The van der Waals surface area contributed by atoms with E-state index in [-0.39, 0.29) is 4.90 Å². The quantitative estimate of drug-likeness (QED) is 0.703. The van der Waals surface area contributed by atoms with Crippen LogP contribution in [0.4, 0.5) is 5.69 Å². The number of nitrogens with one attached hydrogen (secondary N) is 1. The molecule has 0 aliphatic carbocycles. The third-order valence-corrected chi connectivity index (χ3v) is 5.47.